The SMILES string of the molecule is Cc1cccc(C)c1-n1nnnc1S[C@H](C)C(=O)Nc1ccc2c(c1)CCC2. The van der Waals surface area contributed by atoms with Gasteiger partial charge in [-0.1, -0.05) is 36.0 Å². The molecule has 6 nitrogen and oxygen atoms in total. The Morgan fingerprint density at radius 1 is 1.14 bits per heavy atom. The molecule has 28 heavy (non-hydrogen) atoms. The van der Waals surface area contributed by atoms with E-state index in [1.807, 2.05) is 45.0 Å². The van der Waals surface area contributed by atoms with Crippen LogP contribution in [0.2, 0.25) is 0 Å². The molecule has 0 fully saturated rings. The third-order valence-corrected chi connectivity index (χ3v) is 6.14. The van der Waals surface area contributed by atoms with Gasteiger partial charge >= 0.3 is 0 Å². The number of amides is 1. The molecule has 2 aromatic carbocycles. The van der Waals surface area contributed by atoms with Gasteiger partial charge in [-0.15, -0.1) is 5.10 Å². The maximum absolute atomic E-state index is 12.7. The van der Waals surface area contributed by atoms with Gasteiger partial charge in [0.2, 0.25) is 11.1 Å². The van der Waals surface area contributed by atoms with Gasteiger partial charge in [-0.25, -0.2) is 0 Å². The molecule has 1 aliphatic rings. The van der Waals surface area contributed by atoms with Crippen LogP contribution in [0.1, 0.15) is 35.6 Å². The predicted molar refractivity (Wildman–Crippen MR) is 111 cm³/mol. The lowest BCUT2D eigenvalue weighted by molar-refractivity contribution is -0.115. The summed E-state index contributed by atoms with van der Waals surface area (Å²) >= 11 is 1.36. The van der Waals surface area contributed by atoms with Crippen LogP contribution in [0.4, 0.5) is 5.69 Å². The van der Waals surface area contributed by atoms with Crippen molar-refractivity contribution < 1.29 is 4.79 Å². The van der Waals surface area contributed by atoms with Crippen LogP contribution in [0, 0.1) is 13.8 Å². The highest BCUT2D eigenvalue weighted by molar-refractivity contribution is 8.00. The molecule has 0 unspecified atom stereocenters. The summed E-state index contributed by atoms with van der Waals surface area (Å²) in [5.74, 6) is -0.0565. The van der Waals surface area contributed by atoms with Crippen molar-refractivity contribution in [2.75, 3.05) is 5.32 Å². The number of para-hydroxylation sites is 1. The minimum atomic E-state index is -0.331. The molecule has 1 heterocycles. The Labute approximate surface area is 168 Å². The number of aromatic nitrogens is 4. The molecule has 1 aliphatic carbocycles. The van der Waals surface area contributed by atoms with Gasteiger partial charge in [0, 0.05) is 5.69 Å². The first kappa shape index (κ1) is 18.7. The molecular formula is C21H23N5OS. The summed E-state index contributed by atoms with van der Waals surface area (Å²) in [6.45, 7) is 5.93. The summed E-state index contributed by atoms with van der Waals surface area (Å²) in [6.07, 6.45) is 3.42. The first-order chi connectivity index (χ1) is 13.5. The molecule has 144 valence electrons. The summed E-state index contributed by atoms with van der Waals surface area (Å²) < 4.78 is 1.72. The Morgan fingerprint density at radius 2 is 1.89 bits per heavy atom. The van der Waals surface area contributed by atoms with E-state index in [9.17, 15) is 4.79 Å². The fraction of sp³-hybridized carbons (Fsp3) is 0.333. The van der Waals surface area contributed by atoms with Crippen LogP contribution >= 0.6 is 11.8 Å². The summed E-state index contributed by atoms with van der Waals surface area (Å²) in [5, 5.41) is 15.4. The van der Waals surface area contributed by atoms with E-state index in [-0.39, 0.29) is 11.2 Å². The molecule has 0 saturated carbocycles. The Hall–Kier alpha value is -2.67. The molecule has 1 atom stereocenters. The van der Waals surface area contributed by atoms with Crippen LogP contribution in [-0.2, 0) is 17.6 Å². The van der Waals surface area contributed by atoms with Gasteiger partial charge in [0.15, 0.2) is 0 Å². The summed E-state index contributed by atoms with van der Waals surface area (Å²) in [4.78, 5) is 12.7. The van der Waals surface area contributed by atoms with Crippen LogP contribution in [0.5, 0.6) is 0 Å². The van der Waals surface area contributed by atoms with Gasteiger partial charge < -0.3 is 5.32 Å². The molecule has 1 aromatic heterocycles. The minimum Gasteiger partial charge on any atom is -0.325 e. The van der Waals surface area contributed by atoms with Crippen molar-refractivity contribution in [3.63, 3.8) is 0 Å². The smallest absolute Gasteiger partial charge is 0.237 e. The van der Waals surface area contributed by atoms with E-state index >= 15 is 0 Å². The third-order valence-electron chi connectivity index (χ3n) is 5.11. The number of carbonyl (C=O) groups excluding carboxylic acids is 1. The average Bonchev–Trinajstić information content (AvgIpc) is 3.31. The molecule has 1 N–H and O–H groups in total. The number of nitrogens with one attached hydrogen (secondary N) is 1. The fourth-order valence-electron chi connectivity index (χ4n) is 3.64. The predicted octanol–water partition coefficient (Wildman–Crippen LogP) is 3.89. The molecular weight excluding hydrogens is 370 g/mol. The molecule has 3 aromatic rings. The second kappa shape index (κ2) is 7.75. The number of tetrazole rings is 1. The van der Waals surface area contributed by atoms with Gasteiger partial charge in [-0.3, -0.25) is 4.79 Å². The second-order valence-electron chi connectivity index (χ2n) is 7.20. The van der Waals surface area contributed by atoms with Gasteiger partial charge in [0.05, 0.1) is 10.9 Å². The zero-order valence-corrected chi connectivity index (χ0v) is 17.1. The third kappa shape index (κ3) is 3.67. The van der Waals surface area contributed by atoms with Gasteiger partial charge in [-0.05, 0) is 84.8 Å². The Kier molecular flexibility index (Phi) is 5.17. The van der Waals surface area contributed by atoms with Crippen molar-refractivity contribution in [3.05, 3.63) is 58.7 Å². The summed E-state index contributed by atoms with van der Waals surface area (Å²) in [7, 11) is 0. The number of hydrogen-bond donors (Lipinski definition) is 1. The highest BCUT2D eigenvalue weighted by Crippen LogP contribution is 2.28. The largest absolute Gasteiger partial charge is 0.325 e. The molecule has 0 radical (unpaired) electrons. The zero-order valence-electron chi connectivity index (χ0n) is 16.3. The van der Waals surface area contributed by atoms with Crippen molar-refractivity contribution in [2.45, 2.75) is 50.4 Å². The topological polar surface area (TPSA) is 72.7 Å². The number of nitrogens with zero attached hydrogens (tertiary/aromatic N) is 4. The van der Waals surface area contributed by atoms with E-state index in [0.717, 1.165) is 35.3 Å². The summed E-state index contributed by atoms with van der Waals surface area (Å²) in [5.41, 5.74) is 6.73. The van der Waals surface area contributed by atoms with Crippen LogP contribution < -0.4 is 5.32 Å². The quantitative estimate of drug-likeness (QED) is 0.666. The zero-order chi connectivity index (χ0) is 19.7. The van der Waals surface area contributed by atoms with E-state index in [0.29, 0.717) is 5.16 Å². The first-order valence-corrected chi connectivity index (χ1v) is 10.3. The lowest BCUT2D eigenvalue weighted by Crippen LogP contribution is -2.23. The van der Waals surface area contributed by atoms with Crippen molar-refractivity contribution in [1.82, 2.24) is 20.2 Å². The van der Waals surface area contributed by atoms with E-state index in [2.05, 4.69) is 33.0 Å². The Bertz CT molecular complexity index is 1010. The van der Waals surface area contributed by atoms with Crippen molar-refractivity contribution in [2.24, 2.45) is 0 Å². The normalized spacial score (nSPS) is 14.0. The number of fused-ring (bicyclic) bond motifs is 1. The number of hydrogen-bond acceptors (Lipinski definition) is 5. The van der Waals surface area contributed by atoms with E-state index < -0.39 is 0 Å². The molecule has 7 heteroatoms. The standard InChI is InChI=1S/C21H23N5OS/c1-13-6-4-7-14(2)19(13)26-21(23-24-25-26)28-15(3)20(27)22-18-11-10-16-8-5-9-17(16)12-18/h4,6-7,10-12,15H,5,8-9H2,1-3H3,(H,22,27)/t15-/m1/s1. The van der Waals surface area contributed by atoms with E-state index in [4.69, 9.17) is 0 Å². The lowest BCUT2D eigenvalue weighted by atomic mass is 10.1. The van der Waals surface area contributed by atoms with Crippen molar-refractivity contribution in [3.8, 4) is 5.69 Å². The highest BCUT2D eigenvalue weighted by Gasteiger charge is 2.21. The maximum Gasteiger partial charge on any atom is 0.237 e. The highest BCUT2D eigenvalue weighted by atomic mass is 32.2. The number of benzene rings is 2. The van der Waals surface area contributed by atoms with Crippen LogP contribution in [0.3, 0.4) is 0 Å². The minimum absolute atomic E-state index is 0.0565. The van der Waals surface area contributed by atoms with E-state index in [1.54, 1.807) is 4.68 Å². The van der Waals surface area contributed by atoms with Crippen molar-refractivity contribution in [1.29, 1.82) is 0 Å². The Balaban J connectivity index is 1.49. The lowest BCUT2D eigenvalue weighted by Gasteiger charge is -2.14. The number of rotatable bonds is 5. The second-order valence-corrected chi connectivity index (χ2v) is 8.51. The number of anilines is 1. The van der Waals surface area contributed by atoms with Gasteiger partial charge in [-0.2, -0.15) is 4.68 Å². The summed E-state index contributed by atoms with van der Waals surface area (Å²) in [6, 6.07) is 12.3. The van der Waals surface area contributed by atoms with Crippen LogP contribution in [0.15, 0.2) is 41.6 Å². The number of aryl methyl sites for hydroxylation is 4. The number of thioether (sulfide) groups is 1. The fourth-order valence-corrected chi connectivity index (χ4v) is 4.43. The maximum atomic E-state index is 12.7. The molecule has 0 aliphatic heterocycles. The molecule has 0 bridgehead atoms. The van der Waals surface area contributed by atoms with Gasteiger partial charge in [0.25, 0.3) is 0 Å². The number of carbonyl (C=O) groups is 1. The van der Waals surface area contributed by atoms with Gasteiger partial charge in [0.1, 0.15) is 0 Å². The molecule has 4 rings (SSSR count). The monoisotopic (exact) mass is 393 g/mol. The van der Waals surface area contributed by atoms with E-state index in [1.165, 1.54) is 29.3 Å². The molecule has 0 spiro atoms. The Morgan fingerprint density at radius 3 is 2.68 bits per heavy atom. The first-order valence-electron chi connectivity index (χ1n) is 9.47. The van der Waals surface area contributed by atoms with Crippen LogP contribution in [-0.4, -0.2) is 31.4 Å². The van der Waals surface area contributed by atoms with Crippen molar-refractivity contribution >= 4 is 23.4 Å². The van der Waals surface area contributed by atoms with Crippen LogP contribution in [0.25, 0.3) is 5.69 Å². The molecule has 0 saturated heterocycles. The average molecular weight is 394 g/mol. The molecule has 1 amide bonds.